The second-order valence-corrected chi connectivity index (χ2v) is 11.0. The maximum Gasteiger partial charge on any atom is 0.263 e. The van der Waals surface area contributed by atoms with Crippen LogP contribution in [0.2, 0.25) is 5.02 Å². The third-order valence-corrected chi connectivity index (χ3v) is 8.18. The third-order valence-electron chi connectivity index (χ3n) is 5.04. The number of benzene rings is 1. The van der Waals surface area contributed by atoms with E-state index in [1.54, 1.807) is 18.2 Å². The van der Waals surface area contributed by atoms with E-state index in [1.807, 2.05) is 4.90 Å². The standard InChI is InChI=1S/C19H20ClNO3S2/c1-11-5-12(2)9-21(8-11)19(22)16-6-13-10-26(23,24)17-7-14(20)3-4-15(17)18(13)25-16/h3-4,6-7,11-12H,5,8-10H2,1-2H3/t11-,12+. The van der Waals surface area contributed by atoms with Crippen LogP contribution in [0, 0.1) is 11.8 Å². The number of likely N-dealkylation sites (tertiary alicyclic amines) is 1. The molecule has 2 aliphatic heterocycles. The first-order valence-electron chi connectivity index (χ1n) is 8.69. The van der Waals surface area contributed by atoms with Crippen LogP contribution in [0.15, 0.2) is 29.2 Å². The number of carbonyl (C=O) groups excluding carboxylic acids is 1. The summed E-state index contributed by atoms with van der Waals surface area (Å²) in [5.74, 6) is 0.906. The van der Waals surface area contributed by atoms with Crippen LogP contribution in [0.25, 0.3) is 10.4 Å². The van der Waals surface area contributed by atoms with Gasteiger partial charge < -0.3 is 4.90 Å². The molecule has 4 rings (SSSR count). The largest absolute Gasteiger partial charge is 0.337 e. The van der Waals surface area contributed by atoms with E-state index >= 15 is 0 Å². The molecule has 0 radical (unpaired) electrons. The first-order chi connectivity index (χ1) is 12.2. The molecule has 4 nitrogen and oxygen atoms in total. The van der Waals surface area contributed by atoms with Gasteiger partial charge >= 0.3 is 0 Å². The predicted molar refractivity (Wildman–Crippen MR) is 105 cm³/mol. The summed E-state index contributed by atoms with van der Waals surface area (Å²) >= 11 is 7.38. The van der Waals surface area contributed by atoms with Crippen molar-refractivity contribution in [1.29, 1.82) is 0 Å². The van der Waals surface area contributed by atoms with Gasteiger partial charge in [0.2, 0.25) is 0 Å². The van der Waals surface area contributed by atoms with Gasteiger partial charge in [-0.2, -0.15) is 0 Å². The van der Waals surface area contributed by atoms with E-state index in [0.717, 1.165) is 24.4 Å². The van der Waals surface area contributed by atoms with Crippen molar-refractivity contribution in [2.24, 2.45) is 11.8 Å². The molecular weight excluding hydrogens is 390 g/mol. The Morgan fingerprint density at radius 2 is 1.88 bits per heavy atom. The Morgan fingerprint density at radius 1 is 1.19 bits per heavy atom. The number of thiophene rings is 1. The molecular formula is C19H20ClNO3S2. The average Bonchev–Trinajstić information content (AvgIpc) is 2.96. The monoisotopic (exact) mass is 409 g/mol. The minimum Gasteiger partial charge on any atom is -0.337 e. The maximum atomic E-state index is 13.0. The normalized spacial score (nSPS) is 24.0. The van der Waals surface area contributed by atoms with E-state index in [0.29, 0.717) is 32.9 Å². The molecule has 0 bridgehead atoms. The highest BCUT2D eigenvalue weighted by molar-refractivity contribution is 7.91. The Kier molecular flexibility index (Phi) is 4.40. The summed E-state index contributed by atoms with van der Waals surface area (Å²) in [4.78, 5) is 16.7. The second kappa shape index (κ2) is 6.36. The zero-order valence-corrected chi connectivity index (χ0v) is 17.0. The van der Waals surface area contributed by atoms with Gasteiger partial charge in [0, 0.05) is 28.6 Å². The van der Waals surface area contributed by atoms with Gasteiger partial charge in [0.05, 0.1) is 15.5 Å². The van der Waals surface area contributed by atoms with Gasteiger partial charge in [0.25, 0.3) is 5.91 Å². The molecule has 26 heavy (non-hydrogen) atoms. The molecule has 0 N–H and O–H groups in total. The lowest BCUT2D eigenvalue weighted by molar-refractivity contribution is 0.0628. The van der Waals surface area contributed by atoms with Crippen LogP contribution in [0.1, 0.15) is 35.5 Å². The molecule has 138 valence electrons. The number of amides is 1. The van der Waals surface area contributed by atoms with Crippen LogP contribution < -0.4 is 0 Å². The zero-order chi connectivity index (χ0) is 18.6. The number of rotatable bonds is 1. The summed E-state index contributed by atoms with van der Waals surface area (Å²) in [6.07, 6.45) is 1.14. The number of piperidine rings is 1. The van der Waals surface area contributed by atoms with Crippen molar-refractivity contribution < 1.29 is 13.2 Å². The summed E-state index contributed by atoms with van der Waals surface area (Å²) in [5.41, 5.74) is 1.37. The van der Waals surface area contributed by atoms with Gasteiger partial charge in [-0.15, -0.1) is 11.3 Å². The summed E-state index contributed by atoms with van der Waals surface area (Å²) < 4.78 is 25.2. The molecule has 0 unspecified atom stereocenters. The van der Waals surface area contributed by atoms with Gasteiger partial charge in [-0.3, -0.25) is 4.79 Å². The van der Waals surface area contributed by atoms with Gasteiger partial charge in [-0.05, 0) is 42.0 Å². The van der Waals surface area contributed by atoms with Crippen molar-refractivity contribution in [3.05, 3.63) is 39.7 Å². The van der Waals surface area contributed by atoms with E-state index in [4.69, 9.17) is 11.6 Å². The van der Waals surface area contributed by atoms with Gasteiger partial charge in [-0.1, -0.05) is 31.5 Å². The lowest BCUT2D eigenvalue weighted by atomic mass is 9.92. The average molecular weight is 410 g/mol. The molecule has 2 atom stereocenters. The minimum atomic E-state index is -3.44. The van der Waals surface area contributed by atoms with E-state index in [9.17, 15) is 13.2 Å². The Morgan fingerprint density at radius 3 is 2.58 bits per heavy atom. The van der Waals surface area contributed by atoms with Crippen molar-refractivity contribution in [3.63, 3.8) is 0 Å². The molecule has 0 saturated carbocycles. The Bertz CT molecular complexity index is 986. The molecule has 0 spiro atoms. The number of nitrogens with zero attached hydrogens (tertiary/aromatic N) is 1. The Labute approximate surface area is 162 Å². The number of sulfone groups is 1. The molecule has 2 aliphatic rings. The van der Waals surface area contributed by atoms with E-state index in [-0.39, 0.29) is 16.6 Å². The fourth-order valence-electron chi connectivity index (χ4n) is 4.08. The van der Waals surface area contributed by atoms with Crippen LogP contribution in [0.4, 0.5) is 0 Å². The maximum absolute atomic E-state index is 13.0. The van der Waals surface area contributed by atoms with Crippen LogP contribution in [-0.2, 0) is 15.6 Å². The number of halogens is 1. The number of carbonyl (C=O) groups is 1. The SMILES string of the molecule is C[C@@H]1C[C@H](C)CN(C(=O)c2cc3c(s2)-c2ccc(Cl)cc2S(=O)(=O)C3)C1. The van der Waals surface area contributed by atoms with E-state index in [1.165, 1.54) is 17.4 Å². The highest BCUT2D eigenvalue weighted by Gasteiger charge is 2.33. The molecule has 3 heterocycles. The lowest BCUT2D eigenvalue weighted by Crippen LogP contribution is -2.42. The van der Waals surface area contributed by atoms with Crippen LogP contribution in [0.5, 0.6) is 0 Å². The summed E-state index contributed by atoms with van der Waals surface area (Å²) in [5, 5.41) is 0.403. The Balaban J connectivity index is 1.74. The fourth-order valence-corrected chi connectivity index (χ4v) is 7.26. The zero-order valence-electron chi connectivity index (χ0n) is 14.7. The topological polar surface area (TPSA) is 54.5 Å². The quantitative estimate of drug-likeness (QED) is 0.698. The van der Waals surface area contributed by atoms with E-state index < -0.39 is 9.84 Å². The van der Waals surface area contributed by atoms with Crippen LogP contribution in [-0.4, -0.2) is 32.3 Å². The van der Waals surface area contributed by atoms with Gasteiger partial charge in [0.15, 0.2) is 9.84 Å². The fraction of sp³-hybridized carbons (Fsp3) is 0.421. The molecule has 1 aromatic heterocycles. The molecule has 7 heteroatoms. The van der Waals surface area contributed by atoms with Crippen molar-refractivity contribution in [3.8, 4) is 10.4 Å². The summed E-state index contributed by atoms with van der Waals surface area (Å²) in [7, 11) is -3.44. The minimum absolute atomic E-state index is 0.00992. The molecule has 2 aromatic rings. The Hall–Kier alpha value is -1.37. The second-order valence-electron chi connectivity index (χ2n) is 7.52. The van der Waals surface area contributed by atoms with Crippen LogP contribution >= 0.6 is 22.9 Å². The van der Waals surface area contributed by atoms with Gasteiger partial charge in [-0.25, -0.2) is 8.42 Å². The van der Waals surface area contributed by atoms with Crippen molar-refractivity contribution in [1.82, 2.24) is 4.90 Å². The molecule has 1 fully saturated rings. The lowest BCUT2D eigenvalue weighted by Gasteiger charge is -2.34. The molecule has 1 saturated heterocycles. The van der Waals surface area contributed by atoms with Crippen molar-refractivity contribution in [2.75, 3.05) is 13.1 Å². The first kappa shape index (κ1) is 18.0. The smallest absolute Gasteiger partial charge is 0.263 e. The number of fused-ring (bicyclic) bond motifs is 3. The van der Waals surface area contributed by atoms with Crippen LogP contribution in [0.3, 0.4) is 0 Å². The number of hydrogen-bond acceptors (Lipinski definition) is 4. The molecule has 1 aromatic carbocycles. The van der Waals surface area contributed by atoms with Crippen molar-refractivity contribution >= 4 is 38.7 Å². The number of hydrogen-bond donors (Lipinski definition) is 0. The predicted octanol–water partition coefficient (Wildman–Crippen LogP) is 4.47. The molecule has 0 aliphatic carbocycles. The summed E-state index contributed by atoms with van der Waals surface area (Å²) in [6.45, 7) is 5.86. The van der Waals surface area contributed by atoms with Gasteiger partial charge in [0.1, 0.15) is 0 Å². The highest BCUT2D eigenvalue weighted by atomic mass is 35.5. The third kappa shape index (κ3) is 3.08. The highest BCUT2D eigenvalue weighted by Crippen LogP contribution is 2.44. The molecule has 1 amide bonds. The van der Waals surface area contributed by atoms with Crippen molar-refractivity contribution in [2.45, 2.75) is 30.9 Å². The van der Waals surface area contributed by atoms with E-state index in [2.05, 4.69) is 13.8 Å². The summed E-state index contributed by atoms with van der Waals surface area (Å²) in [6, 6.07) is 6.70. The first-order valence-corrected chi connectivity index (χ1v) is 11.5.